The monoisotopic (exact) mass is 280 g/mol. The maximum atomic E-state index is 11.2. The third-order valence-corrected chi connectivity index (χ3v) is 2.66. The summed E-state index contributed by atoms with van der Waals surface area (Å²) in [5.74, 6) is -0.193. The van der Waals surface area contributed by atoms with Crippen molar-refractivity contribution in [3.8, 4) is 5.75 Å². The number of benzene rings is 1. The Bertz CT molecular complexity index is 454. The normalized spacial score (nSPS) is 9.90. The highest BCUT2D eigenvalue weighted by atomic mass is 16.5. The van der Waals surface area contributed by atoms with Crippen LogP contribution < -0.4 is 15.4 Å². The number of ether oxygens (including phenoxy) is 1. The van der Waals surface area contributed by atoms with Crippen LogP contribution in [0.1, 0.15) is 17.5 Å². The minimum absolute atomic E-state index is 0.384. The molecule has 20 heavy (non-hydrogen) atoms. The first kappa shape index (κ1) is 15.8. The number of carbonyl (C=O) groups excluding carboxylic acids is 1. The van der Waals surface area contributed by atoms with Gasteiger partial charge in [0.25, 0.3) is 0 Å². The van der Waals surface area contributed by atoms with Gasteiger partial charge >= 0.3 is 12.0 Å². The zero-order valence-electron chi connectivity index (χ0n) is 11.7. The number of aryl methyl sites for hydroxylation is 2. The molecular weight excluding hydrogens is 260 g/mol. The van der Waals surface area contributed by atoms with Gasteiger partial charge in [-0.1, -0.05) is 18.2 Å². The Labute approximate surface area is 118 Å². The second kappa shape index (κ2) is 8.04. The second-order valence-corrected chi connectivity index (χ2v) is 4.43. The first-order valence-electron chi connectivity index (χ1n) is 6.43. The van der Waals surface area contributed by atoms with E-state index in [2.05, 4.69) is 10.6 Å². The largest absolute Gasteiger partial charge is 0.493 e. The average molecular weight is 280 g/mol. The molecule has 0 bridgehead atoms. The summed E-state index contributed by atoms with van der Waals surface area (Å²) in [6, 6.07) is 5.46. The molecule has 0 aliphatic carbocycles. The van der Waals surface area contributed by atoms with Crippen molar-refractivity contribution in [3.63, 3.8) is 0 Å². The molecule has 0 atom stereocenters. The van der Waals surface area contributed by atoms with Crippen molar-refractivity contribution >= 4 is 12.0 Å². The molecule has 1 rings (SSSR count). The van der Waals surface area contributed by atoms with Gasteiger partial charge in [0.1, 0.15) is 12.3 Å². The van der Waals surface area contributed by atoms with Gasteiger partial charge in [-0.3, -0.25) is 4.79 Å². The third kappa shape index (κ3) is 5.60. The summed E-state index contributed by atoms with van der Waals surface area (Å²) in [5, 5.41) is 13.2. The van der Waals surface area contributed by atoms with Crippen LogP contribution in [0.15, 0.2) is 18.2 Å². The second-order valence-electron chi connectivity index (χ2n) is 4.43. The third-order valence-electron chi connectivity index (χ3n) is 2.66. The van der Waals surface area contributed by atoms with E-state index in [1.54, 1.807) is 0 Å². The fourth-order valence-corrected chi connectivity index (χ4v) is 1.69. The van der Waals surface area contributed by atoms with Gasteiger partial charge in [-0.15, -0.1) is 0 Å². The number of rotatable bonds is 7. The van der Waals surface area contributed by atoms with Crippen molar-refractivity contribution in [2.45, 2.75) is 20.3 Å². The van der Waals surface area contributed by atoms with Crippen LogP contribution in [-0.4, -0.2) is 36.8 Å². The first-order valence-corrected chi connectivity index (χ1v) is 6.43. The minimum Gasteiger partial charge on any atom is -0.493 e. The van der Waals surface area contributed by atoms with Gasteiger partial charge in [-0.05, 0) is 31.4 Å². The van der Waals surface area contributed by atoms with Crippen LogP contribution >= 0.6 is 0 Å². The maximum Gasteiger partial charge on any atom is 0.323 e. The van der Waals surface area contributed by atoms with Gasteiger partial charge in [0.05, 0.1) is 6.61 Å². The molecule has 0 aliphatic heterocycles. The number of hydrogen-bond acceptors (Lipinski definition) is 3. The van der Waals surface area contributed by atoms with Crippen molar-refractivity contribution in [3.05, 3.63) is 29.3 Å². The van der Waals surface area contributed by atoms with Gasteiger partial charge in [-0.25, -0.2) is 4.79 Å². The Morgan fingerprint density at radius 3 is 2.45 bits per heavy atom. The SMILES string of the molecule is Cc1cccc(C)c1OCCCNC(=O)NCC(=O)O. The molecule has 0 saturated heterocycles. The summed E-state index contributed by atoms with van der Waals surface area (Å²) in [6.07, 6.45) is 0.647. The summed E-state index contributed by atoms with van der Waals surface area (Å²) in [4.78, 5) is 21.4. The zero-order valence-corrected chi connectivity index (χ0v) is 11.7. The lowest BCUT2D eigenvalue weighted by Gasteiger charge is -2.12. The van der Waals surface area contributed by atoms with Gasteiger partial charge in [0.2, 0.25) is 0 Å². The summed E-state index contributed by atoms with van der Waals surface area (Å²) in [7, 11) is 0. The quantitative estimate of drug-likeness (QED) is 0.660. The number of para-hydroxylation sites is 1. The molecule has 0 unspecified atom stereocenters. The lowest BCUT2D eigenvalue weighted by Crippen LogP contribution is -2.39. The number of aliphatic carboxylic acids is 1. The Morgan fingerprint density at radius 2 is 1.85 bits per heavy atom. The first-order chi connectivity index (χ1) is 9.50. The van der Waals surface area contributed by atoms with Crippen LogP contribution in [0.4, 0.5) is 4.79 Å². The number of carboxylic acid groups (broad SMARTS) is 1. The van der Waals surface area contributed by atoms with Crippen LogP contribution in [0.2, 0.25) is 0 Å². The lowest BCUT2D eigenvalue weighted by atomic mass is 10.1. The fourth-order valence-electron chi connectivity index (χ4n) is 1.69. The maximum absolute atomic E-state index is 11.2. The molecular formula is C14H20N2O4. The van der Waals surface area contributed by atoms with E-state index in [9.17, 15) is 9.59 Å². The predicted molar refractivity (Wildman–Crippen MR) is 75.1 cm³/mol. The Balaban J connectivity index is 2.19. The lowest BCUT2D eigenvalue weighted by molar-refractivity contribution is -0.135. The van der Waals surface area contributed by atoms with E-state index in [-0.39, 0.29) is 6.54 Å². The van der Waals surface area contributed by atoms with Gasteiger partial charge in [-0.2, -0.15) is 0 Å². The van der Waals surface area contributed by atoms with E-state index in [0.29, 0.717) is 19.6 Å². The summed E-state index contributed by atoms with van der Waals surface area (Å²) in [5.41, 5.74) is 2.16. The van der Waals surface area contributed by atoms with E-state index in [4.69, 9.17) is 9.84 Å². The van der Waals surface area contributed by atoms with Crippen molar-refractivity contribution in [1.29, 1.82) is 0 Å². The van der Waals surface area contributed by atoms with E-state index in [0.717, 1.165) is 16.9 Å². The highest BCUT2D eigenvalue weighted by molar-refractivity contribution is 5.79. The van der Waals surface area contributed by atoms with Gasteiger partial charge in [0.15, 0.2) is 0 Å². The Hall–Kier alpha value is -2.24. The van der Waals surface area contributed by atoms with Crippen LogP contribution in [0.5, 0.6) is 5.75 Å². The van der Waals surface area contributed by atoms with Crippen LogP contribution in [0, 0.1) is 13.8 Å². The fraction of sp³-hybridized carbons (Fsp3) is 0.429. The number of urea groups is 1. The van der Waals surface area contributed by atoms with Crippen LogP contribution in [0.3, 0.4) is 0 Å². The highest BCUT2D eigenvalue weighted by Crippen LogP contribution is 2.22. The minimum atomic E-state index is -1.07. The Kier molecular flexibility index (Phi) is 6.36. The molecule has 1 aromatic carbocycles. The van der Waals surface area contributed by atoms with E-state index in [1.165, 1.54) is 0 Å². The van der Waals surface area contributed by atoms with Crippen molar-refractivity contribution in [2.24, 2.45) is 0 Å². The molecule has 110 valence electrons. The van der Waals surface area contributed by atoms with E-state index < -0.39 is 12.0 Å². The summed E-state index contributed by atoms with van der Waals surface area (Å²) < 4.78 is 5.68. The summed E-state index contributed by atoms with van der Waals surface area (Å²) >= 11 is 0. The van der Waals surface area contributed by atoms with Crippen molar-refractivity contribution in [1.82, 2.24) is 10.6 Å². The molecule has 1 aromatic rings. The topological polar surface area (TPSA) is 87.7 Å². The van der Waals surface area contributed by atoms with Crippen LogP contribution in [0.25, 0.3) is 0 Å². The molecule has 3 N–H and O–H groups in total. The smallest absolute Gasteiger partial charge is 0.323 e. The van der Waals surface area contributed by atoms with Gasteiger partial charge in [0, 0.05) is 6.54 Å². The number of amides is 2. The summed E-state index contributed by atoms with van der Waals surface area (Å²) in [6.45, 7) is 4.51. The molecule has 0 saturated carbocycles. The van der Waals surface area contributed by atoms with Crippen LogP contribution in [-0.2, 0) is 4.79 Å². The van der Waals surface area contributed by atoms with Gasteiger partial charge < -0.3 is 20.5 Å². The highest BCUT2D eigenvalue weighted by Gasteiger charge is 2.04. The van der Waals surface area contributed by atoms with Crippen molar-refractivity contribution < 1.29 is 19.4 Å². The number of hydrogen-bond donors (Lipinski definition) is 3. The van der Waals surface area contributed by atoms with E-state index >= 15 is 0 Å². The molecule has 6 nitrogen and oxygen atoms in total. The van der Waals surface area contributed by atoms with Crippen molar-refractivity contribution in [2.75, 3.05) is 19.7 Å². The number of carboxylic acids is 1. The standard InChI is InChI=1S/C14H20N2O4/c1-10-5-3-6-11(2)13(10)20-8-4-7-15-14(19)16-9-12(17)18/h3,5-6H,4,7-9H2,1-2H3,(H,17,18)(H2,15,16,19). The predicted octanol–water partition coefficient (Wildman–Crippen LogP) is 1.46. The molecule has 0 heterocycles. The molecule has 6 heteroatoms. The molecule has 0 aromatic heterocycles. The molecule has 2 amide bonds. The zero-order chi connectivity index (χ0) is 15.0. The molecule has 0 radical (unpaired) electrons. The van der Waals surface area contributed by atoms with E-state index in [1.807, 2.05) is 32.0 Å². The Morgan fingerprint density at radius 1 is 1.20 bits per heavy atom. The number of carbonyl (C=O) groups is 2. The number of nitrogens with one attached hydrogen (secondary N) is 2. The molecule has 0 fully saturated rings. The molecule has 0 spiro atoms. The average Bonchev–Trinajstić information content (AvgIpc) is 2.39. The molecule has 0 aliphatic rings.